The minimum atomic E-state index is -0.593. The molecule has 1 heterocycles. The van der Waals surface area contributed by atoms with Crippen LogP contribution in [0.15, 0.2) is 66.7 Å². The molecule has 0 fully saturated rings. The lowest BCUT2D eigenvalue weighted by molar-refractivity contribution is -0.122. The molecule has 0 spiro atoms. The van der Waals surface area contributed by atoms with Gasteiger partial charge in [0.15, 0.2) is 17.6 Å². The Morgan fingerprint density at radius 1 is 0.970 bits per heavy atom. The van der Waals surface area contributed by atoms with Crippen LogP contribution < -0.4 is 24.8 Å². The molecule has 170 valence electrons. The molecular weight excluding hydrogens is 420 g/mol. The zero-order valence-electron chi connectivity index (χ0n) is 18.8. The molecule has 0 aliphatic carbocycles. The van der Waals surface area contributed by atoms with Gasteiger partial charge in [0.25, 0.3) is 11.8 Å². The molecule has 7 heteroatoms. The topological polar surface area (TPSA) is 85.9 Å². The average molecular weight is 447 g/mol. The molecule has 1 aliphatic rings. The summed E-state index contributed by atoms with van der Waals surface area (Å²) in [7, 11) is 3.14. The molecule has 0 bridgehead atoms. The van der Waals surface area contributed by atoms with Crippen LogP contribution in [-0.4, -0.2) is 32.1 Å². The van der Waals surface area contributed by atoms with E-state index >= 15 is 0 Å². The van der Waals surface area contributed by atoms with Gasteiger partial charge in [0.05, 0.1) is 20.3 Å². The monoisotopic (exact) mass is 446 g/mol. The van der Waals surface area contributed by atoms with Crippen molar-refractivity contribution in [2.24, 2.45) is 0 Å². The largest absolute Gasteiger partial charge is 0.493 e. The molecule has 2 amide bonds. The van der Waals surface area contributed by atoms with E-state index in [0.29, 0.717) is 29.2 Å². The molecule has 0 saturated carbocycles. The van der Waals surface area contributed by atoms with Crippen molar-refractivity contribution < 1.29 is 23.8 Å². The number of amides is 2. The van der Waals surface area contributed by atoms with Gasteiger partial charge in [-0.15, -0.1) is 0 Å². The lowest BCUT2D eigenvalue weighted by atomic mass is 10.1. The molecule has 0 saturated heterocycles. The van der Waals surface area contributed by atoms with Gasteiger partial charge >= 0.3 is 0 Å². The minimum absolute atomic E-state index is 0.248. The van der Waals surface area contributed by atoms with Crippen LogP contribution in [0.1, 0.15) is 34.5 Å². The highest BCUT2D eigenvalue weighted by molar-refractivity contribution is 5.98. The number of benzene rings is 3. The number of methoxy groups -OCH3 is 2. The molecule has 3 aromatic carbocycles. The third-order valence-corrected chi connectivity index (χ3v) is 5.59. The number of anilines is 1. The summed E-state index contributed by atoms with van der Waals surface area (Å²) in [4.78, 5) is 25.5. The smallest absolute Gasteiger partial charge is 0.265 e. The fourth-order valence-corrected chi connectivity index (χ4v) is 3.77. The molecule has 2 unspecified atom stereocenters. The van der Waals surface area contributed by atoms with Crippen LogP contribution in [0.3, 0.4) is 0 Å². The van der Waals surface area contributed by atoms with Crippen molar-refractivity contribution in [1.29, 1.82) is 0 Å². The fourth-order valence-electron chi connectivity index (χ4n) is 3.77. The first-order chi connectivity index (χ1) is 16.0. The number of nitrogens with one attached hydrogen (secondary N) is 2. The highest BCUT2D eigenvalue weighted by Crippen LogP contribution is 2.30. The molecule has 4 rings (SSSR count). The number of para-hydroxylation sites is 1. The summed E-state index contributed by atoms with van der Waals surface area (Å²) in [6, 6.07) is 19.7. The van der Waals surface area contributed by atoms with E-state index < -0.39 is 6.10 Å². The van der Waals surface area contributed by atoms with E-state index in [-0.39, 0.29) is 17.9 Å². The fraction of sp³-hybridized carbons (Fsp3) is 0.231. The number of carbonyl (C=O) groups excluding carboxylic acids is 2. The third kappa shape index (κ3) is 4.92. The van der Waals surface area contributed by atoms with E-state index in [4.69, 9.17) is 14.2 Å². The average Bonchev–Trinajstić information content (AvgIpc) is 3.28. The molecule has 2 atom stereocenters. The van der Waals surface area contributed by atoms with Crippen LogP contribution in [-0.2, 0) is 11.2 Å². The maximum Gasteiger partial charge on any atom is 0.265 e. The zero-order valence-corrected chi connectivity index (χ0v) is 18.8. The molecule has 7 nitrogen and oxygen atoms in total. The SMILES string of the molecule is COc1ccc(C(C)NC(=O)c2cccc(NC(=O)C3Cc4ccccc4O3)c2)cc1OC. The van der Waals surface area contributed by atoms with Crippen molar-refractivity contribution in [3.05, 3.63) is 83.4 Å². The first-order valence-corrected chi connectivity index (χ1v) is 10.7. The molecule has 33 heavy (non-hydrogen) atoms. The van der Waals surface area contributed by atoms with Crippen LogP contribution >= 0.6 is 0 Å². The van der Waals surface area contributed by atoms with Crippen LogP contribution in [0.5, 0.6) is 17.2 Å². The number of rotatable bonds is 7. The standard InChI is InChI=1S/C26H26N2O5/c1-16(17-11-12-22(31-2)23(14-17)32-3)27-25(29)19-8-6-9-20(13-19)28-26(30)24-15-18-7-4-5-10-21(18)33-24/h4-14,16,24H,15H2,1-3H3,(H,27,29)(H,28,30). The van der Waals surface area contributed by atoms with Crippen molar-refractivity contribution in [2.45, 2.75) is 25.5 Å². The molecular formula is C26H26N2O5. The summed E-state index contributed by atoms with van der Waals surface area (Å²) >= 11 is 0. The Labute approximate surface area is 192 Å². The first kappa shape index (κ1) is 22.2. The van der Waals surface area contributed by atoms with Crippen molar-refractivity contribution in [1.82, 2.24) is 5.32 Å². The van der Waals surface area contributed by atoms with Crippen LogP contribution in [0.2, 0.25) is 0 Å². The summed E-state index contributed by atoms with van der Waals surface area (Å²) in [5.41, 5.74) is 2.86. The van der Waals surface area contributed by atoms with Crippen molar-refractivity contribution in [3.8, 4) is 17.2 Å². The summed E-state index contributed by atoms with van der Waals surface area (Å²) in [5.74, 6) is 1.45. The second-order valence-electron chi connectivity index (χ2n) is 7.80. The van der Waals surface area contributed by atoms with Crippen LogP contribution in [0.4, 0.5) is 5.69 Å². The zero-order chi connectivity index (χ0) is 23.4. The summed E-state index contributed by atoms with van der Waals surface area (Å²) in [6.07, 6.45) is -0.0738. The number of carbonyl (C=O) groups is 2. The van der Waals surface area contributed by atoms with Gasteiger partial charge in [-0.2, -0.15) is 0 Å². The highest BCUT2D eigenvalue weighted by atomic mass is 16.5. The third-order valence-electron chi connectivity index (χ3n) is 5.59. The van der Waals surface area contributed by atoms with Crippen LogP contribution in [0, 0.1) is 0 Å². The van der Waals surface area contributed by atoms with E-state index in [1.54, 1.807) is 44.6 Å². The minimum Gasteiger partial charge on any atom is -0.493 e. The second kappa shape index (κ2) is 9.65. The maximum atomic E-state index is 12.8. The predicted octanol–water partition coefficient (Wildman–Crippen LogP) is 4.14. The summed E-state index contributed by atoms with van der Waals surface area (Å²) in [6.45, 7) is 1.89. The number of hydrogen-bond donors (Lipinski definition) is 2. The van der Waals surface area contributed by atoms with E-state index in [1.807, 2.05) is 43.3 Å². The first-order valence-electron chi connectivity index (χ1n) is 10.7. The predicted molar refractivity (Wildman–Crippen MR) is 125 cm³/mol. The van der Waals surface area contributed by atoms with Gasteiger partial charge in [-0.3, -0.25) is 9.59 Å². The van der Waals surface area contributed by atoms with Crippen molar-refractivity contribution in [3.63, 3.8) is 0 Å². The summed E-state index contributed by atoms with van der Waals surface area (Å²) < 4.78 is 16.4. The number of fused-ring (bicyclic) bond motifs is 1. The van der Waals surface area contributed by atoms with Gasteiger partial charge in [0.2, 0.25) is 0 Å². The lowest BCUT2D eigenvalue weighted by Crippen LogP contribution is -2.31. The maximum absolute atomic E-state index is 12.8. The van der Waals surface area contributed by atoms with Gasteiger partial charge < -0.3 is 24.8 Å². The molecule has 0 aromatic heterocycles. The Morgan fingerprint density at radius 2 is 1.76 bits per heavy atom. The Kier molecular flexibility index (Phi) is 6.49. The molecule has 0 radical (unpaired) electrons. The van der Waals surface area contributed by atoms with E-state index in [2.05, 4.69) is 10.6 Å². The molecule has 2 N–H and O–H groups in total. The Balaban J connectivity index is 1.40. The van der Waals surface area contributed by atoms with Crippen LogP contribution in [0.25, 0.3) is 0 Å². The van der Waals surface area contributed by atoms with E-state index in [9.17, 15) is 9.59 Å². The van der Waals surface area contributed by atoms with Gasteiger partial charge in [0, 0.05) is 17.7 Å². The summed E-state index contributed by atoms with van der Waals surface area (Å²) in [5, 5.41) is 5.83. The van der Waals surface area contributed by atoms with Crippen molar-refractivity contribution >= 4 is 17.5 Å². The van der Waals surface area contributed by atoms with Gasteiger partial charge in [-0.25, -0.2) is 0 Å². The Hall–Kier alpha value is -4.00. The van der Waals surface area contributed by atoms with Gasteiger partial charge in [-0.1, -0.05) is 30.3 Å². The van der Waals surface area contributed by atoms with Gasteiger partial charge in [-0.05, 0) is 54.4 Å². The molecule has 3 aromatic rings. The van der Waals surface area contributed by atoms with E-state index in [1.165, 1.54) is 0 Å². The highest BCUT2D eigenvalue weighted by Gasteiger charge is 2.28. The number of ether oxygens (including phenoxy) is 3. The van der Waals surface area contributed by atoms with E-state index in [0.717, 1.165) is 16.9 Å². The molecule has 1 aliphatic heterocycles. The Morgan fingerprint density at radius 3 is 2.52 bits per heavy atom. The second-order valence-corrected chi connectivity index (χ2v) is 7.80. The number of hydrogen-bond acceptors (Lipinski definition) is 5. The lowest BCUT2D eigenvalue weighted by Gasteiger charge is -2.17. The normalized spacial score (nSPS) is 15.1. The van der Waals surface area contributed by atoms with Gasteiger partial charge in [0.1, 0.15) is 5.75 Å². The quantitative estimate of drug-likeness (QED) is 0.570. The Bertz CT molecular complexity index is 1150. The van der Waals surface area contributed by atoms with Crippen molar-refractivity contribution in [2.75, 3.05) is 19.5 Å².